The lowest BCUT2D eigenvalue weighted by molar-refractivity contribution is 0.176. The first-order chi connectivity index (χ1) is 8.13. The van der Waals surface area contributed by atoms with Crippen molar-refractivity contribution in [3.05, 3.63) is 23.3 Å². The Morgan fingerprint density at radius 3 is 2.35 bits per heavy atom. The van der Waals surface area contributed by atoms with Gasteiger partial charge in [0.25, 0.3) is 0 Å². The third-order valence-electron chi connectivity index (χ3n) is 2.53. The summed E-state index contributed by atoms with van der Waals surface area (Å²) in [7, 11) is 4.85. The number of ether oxygens (including phenoxy) is 3. The fourth-order valence-corrected chi connectivity index (χ4v) is 1.86. The summed E-state index contributed by atoms with van der Waals surface area (Å²) in [6.07, 6.45) is 0.136. The molecular weight excluding hydrogens is 220 g/mol. The molecular formula is C13H20O4. The highest BCUT2D eigenvalue weighted by molar-refractivity contribution is 5.50. The van der Waals surface area contributed by atoms with Gasteiger partial charge >= 0.3 is 0 Å². The maximum Gasteiger partial charge on any atom is 0.131 e. The fourth-order valence-electron chi connectivity index (χ4n) is 1.86. The maximum absolute atomic E-state index is 9.45. The molecule has 1 atom stereocenters. The minimum atomic E-state index is -0.410. The molecule has 0 bridgehead atoms. The summed E-state index contributed by atoms with van der Waals surface area (Å²) < 4.78 is 15.8. The van der Waals surface area contributed by atoms with Crippen molar-refractivity contribution < 1.29 is 19.3 Å². The van der Waals surface area contributed by atoms with Crippen LogP contribution in [0.25, 0.3) is 0 Å². The Bertz CT molecular complexity index is 361. The molecule has 96 valence electrons. The second kappa shape index (κ2) is 6.47. The molecule has 0 aromatic heterocycles. The number of hydrogen-bond donors (Lipinski definition) is 1. The van der Waals surface area contributed by atoms with Gasteiger partial charge in [0, 0.05) is 13.5 Å². The van der Waals surface area contributed by atoms with Crippen LogP contribution in [0.2, 0.25) is 0 Å². The van der Waals surface area contributed by atoms with Crippen LogP contribution in [0.4, 0.5) is 0 Å². The number of rotatable bonds is 6. The van der Waals surface area contributed by atoms with Crippen LogP contribution in [0, 0.1) is 0 Å². The van der Waals surface area contributed by atoms with Crippen molar-refractivity contribution in [1.82, 2.24) is 0 Å². The second-order valence-corrected chi connectivity index (χ2v) is 3.92. The molecule has 0 saturated heterocycles. The highest BCUT2D eigenvalue weighted by Crippen LogP contribution is 2.33. The standard InChI is InChI=1S/C13H20O4/c1-9(14)7-10-5-6-12(16-3)11(8-15-2)13(10)17-4/h5-6,9,14H,7-8H2,1-4H3. The van der Waals surface area contributed by atoms with E-state index in [4.69, 9.17) is 14.2 Å². The first kappa shape index (κ1) is 13.8. The van der Waals surface area contributed by atoms with Gasteiger partial charge in [0.1, 0.15) is 11.5 Å². The van der Waals surface area contributed by atoms with Crippen LogP contribution in [0.1, 0.15) is 18.1 Å². The number of hydrogen-bond acceptors (Lipinski definition) is 4. The average molecular weight is 240 g/mol. The highest BCUT2D eigenvalue weighted by Gasteiger charge is 2.15. The van der Waals surface area contributed by atoms with Gasteiger partial charge in [-0.2, -0.15) is 0 Å². The van der Waals surface area contributed by atoms with Crippen LogP contribution in [0.15, 0.2) is 12.1 Å². The van der Waals surface area contributed by atoms with E-state index in [0.29, 0.717) is 13.0 Å². The normalized spacial score (nSPS) is 12.3. The van der Waals surface area contributed by atoms with E-state index in [1.54, 1.807) is 28.3 Å². The predicted octanol–water partition coefficient (Wildman–Crippen LogP) is 1.77. The van der Waals surface area contributed by atoms with E-state index in [9.17, 15) is 5.11 Å². The molecule has 4 nitrogen and oxygen atoms in total. The Morgan fingerprint density at radius 2 is 1.88 bits per heavy atom. The number of benzene rings is 1. The number of methoxy groups -OCH3 is 3. The topological polar surface area (TPSA) is 47.9 Å². The minimum absolute atomic E-state index is 0.410. The number of aliphatic hydroxyl groups is 1. The molecule has 17 heavy (non-hydrogen) atoms. The van der Waals surface area contributed by atoms with E-state index >= 15 is 0 Å². The molecule has 0 spiro atoms. The van der Waals surface area contributed by atoms with Gasteiger partial charge in [-0.15, -0.1) is 0 Å². The van der Waals surface area contributed by atoms with Crippen molar-refractivity contribution in [2.45, 2.75) is 26.1 Å². The average Bonchev–Trinajstić information content (AvgIpc) is 2.29. The van der Waals surface area contributed by atoms with Crippen molar-refractivity contribution in [3.63, 3.8) is 0 Å². The Morgan fingerprint density at radius 1 is 1.18 bits per heavy atom. The van der Waals surface area contributed by atoms with Gasteiger partial charge in [0.05, 0.1) is 32.5 Å². The first-order valence-corrected chi connectivity index (χ1v) is 5.53. The predicted molar refractivity (Wildman–Crippen MR) is 65.6 cm³/mol. The van der Waals surface area contributed by atoms with Gasteiger partial charge < -0.3 is 19.3 Å². The van der Waals surface area contributed by atoms with Gasteiger partial charge in [0.15, 0.2) is 0 Å². The van der Waals surface area contributed by atoms with E-state index in [2.05, 4.69) is 0 Å². The summed E-state index contributed by atoms with van der Waals surface area (Å²) in [5.74, 6) is 1.46. The third kappa shape index (κ3) is 3.35. The molecule has 0 amide bonds. The van der Waals surface area contributed by atoms with E-state index < -0.39 is 6.10 Å². The van der Waals surface area contributed by atoms with Crippen LogP contribution >= 0.6 is 0 Å². The Balaban J connectivity index is 3.19. The molecule has 1 N–H and O–H groups in total. The van der Waals surface area contributed by atoms with Gasteiger partial charge in [-0.1, -0.05) is 6.07 Å². The van der Waals surface area contributed by atoms with Crippen molar-refractivity contribution in [3.8, 4) is 11.5 Å². The summed E-state index contributed by atoms with van der Waals surface area (Å²) in [4.78, 5) is 0. The van der Waals surface area contributed by atoms with E-state index in [0.717, 1.165) is 22.6 Å². The highest BCUT2D eigenvalue weighted by atomic mass is 16.5. The zero-order valence-electron chi connectivity index (χ0n) is 10.8. The van der Waals surface area contributed by atoms with Crippen LogP contribution in [0.3, 0.4) is 0 Å². The lowest BCUT2D eigenvalue weighted by atomic mass is 10.0. The Hall–Kier alpha value is -1.26. The molecule has 0 aliphatic carbocycles. The molecule has 0 aliphatic rings. The van der Waals surface area contributed by atoms with Gasteiger partial charge in [0.2, 0.25) is 0 Å². The molecule has 0 heterocycles. The molecule has 1 aromatic rings. The largest absolute Gasteiger partial charge is 0.496 e. The first-order valence-electron chi connectivity index (χ1n) is 5.53. The van der Waals surface area contributed by atoms with Crippen molar-refractivity contribution >= 4 is 0 Å². The fraction of sp³-hybridized carbons (Fsp3) is 0.538. The Kier molecular flexibility index (Phi) is 5.25. The lowest BCUT2D eigenvalue weighted by Gasteiger charge is -2.17. The molecule has 0 saturated carbocycles. The number of aliphatic hydroxyl groups excluding tert-OH is 1. The van der Waals surface area contributed by atoms with Crippen LogP contribution in [0.5, 0.6) is 11.5 Å². The molecule has 0 aliphatic heterocycles. The molecule has 4 heteroatoms. The maximum atomic E-state index is 9.45. The zero-order chi connectivity index (χ0) is 12.8. The molecule has 1 unspecified atom stereocenters. The van der Waals surface area contributed by atoms with Crippen LogP contribution in [-0.2, 0) is 17.8 Å². The lowest BCUT2D eigenvalue weighted by Crippen LogP contribution is -2.08. The second-order valence-electron chi connectivity index (χ2n) is 3.92. The van der Waals surface area contributed by atoms with Crippen molar-refractivity contribution in [2.24, 2.45) is 0 Å². The molecule has 1 aromatic carbocycles. The quantitative estimate of drug-likeness (QED) is 0.823. The summed E-state index contributed by atoms with van der Waals surface area (Å²) in [5.41, 5.74) is 1.83. The summed E-state index contributed by atoms with van der Waals surface area (Å²) >= 11 is 0. The van der Waals surface area contributed by atoms with E-state index in [1.165, 1.54) is 0 Å². The third-order valence-corrected chi connectivity index (χ3v) is 2.53. The van der Waals surface area contributed by atoms with E-state index in [1.807, 2.05) is 12.1 Å². The van der Waals surface area contributed by atoms with Gasteiger partial charge in [-0.3, -0.25) is 0 Å². The SMILES string of the molecule is COCc1c(OC)ccc(CC(C)O)c1OC. The monoisotopic (exact) mass is 240 g/mol. The van der Waals surface area contributed by atoms with Gasteiger partial charge in [-0.25, -0.2) is 0 Å². The van der Waals surface area contributed by atoms with Crippen molar-refractivity contribution in [2.75, 3.05) is 21.3 Å². The van der Waals surface area contributed by atoms with Crippen LogP contribution < -0.4 is 9.47 Å². The Labute approximate surface area is 102 Å². The summed E-state index contributed by atoms with van der Waals surface area (Å²) in [5, 5.41) is 9.45. The molecule has 1 rings (SSSR count). The zero-order valence-corrected chi connectivity index (χ0v) is 10.8. The minimum Gasteiger partial charge on any atom is -0.496 e. The molecule has 0 radical (unpaired) electrons. The van der Waals surface area contributed by atoms with Gasteiger partial charge in [-0.05, 0) is 18.6 Å². The van der Waals surface area contributed by atoms with Crippen LogP contribution in [-0.4, -0.2) is 32.5 Å². The summed E-state index contributed by atoms with van der Waals surface area (Å²) in [6, 6.07) is 3.78. The van der Waals surface area contributed by atoms with E-state index in [-0.39, 0.29) is 0 Å². The smallest absolute Gasteiger partial charge is 0.131 e. The molecule has 0 fully saturated rings. The summed E-state index contributed by atoms with van der Waals surface area (Å²) in [6.45, 7) is 2.17. The van der Waals surface area contributed by atoms with Crippen molar-refractivity contribution in [1.29, 1.82) is 0 Å².